The summed E-state index contributed by atoms with van der Waals surface area (Å²) < 4.78 is 29.0. The standard InChI is InChI=1S/C27H29F2N7O3/c1-4-35(5-2)14-6-13-30-25(37)19-10-8-18(9-11-19)23-31-22-24(33-32-23)36(27(39)34(3)26(22)38)16-17-7-12-20(28)21(29)15-17/h7-12,15H,4-6,13-14,16H2,1-3H3,(H,30,37). The number of hydrogen-bond donors (Lipinski definition) is 1. The first kappa shape index (κ1) is 27.7. The summed E-state index contributed by atoms with van der Waals surface area (Å²) in [4.78, 5) is 44.8. The molecule has 0 saturated carbocycles. The Hall–Kier alpha value is -4.32. The van der Waals surface area contributed by atoms with Crippen LogP contribution >= 0.6 is 0 Å². The molecule has 1 N–H and O–H groups in total. The van der Waals surface area contributed by atoms with Crippen molar-refractivity contribution >= 4 is 17.1 Å². The van der Waals surface area contributed by atoms with Gasteiger partial charge in [0, 0.05) is 24.7 Å². The maximum Gasteiger partial charge on any atom is 0.332 e. The Labute approximate surface area is 222 Å². The number of nitrogens with one attached hydrogen (secondary N) is 1. The van der Waals surface area contributed by atoms with Crippen LogP contribution < -0.4 is 16.6 Å². The third kappa shape index (κ3) is 6.06. The molecule has 39 heavy (non-hydrogen) atoms. The lowest BCUT2D eigenvalue weighted by Gasteiger charge is -2.17. The Morgan fingerprint density at radius 3 is 2.38 bits per heavy atom. The van der Waals surface area contributed by atoms with E-state index in [1.54, 1.807) is 24.3 Å². The molecule has 0 saturated heterocycles. The van der Waals surface area contributed by atoms with Gasteiger partial charge in [0.1, 0.15) is 0 Å². The lowest BCUT2D eigenvalue weighted by Crippen LogP contribution is -2.39. The van der Waals surface area contributed by atoms with Gasteiger partial charge in [-0.2, -0.15) is 0 Å². The molecule has 204 valence electrons. The summed E-state index contributed by atoms with van der Waals surface area (Å²) in [6.07, 6.45) is 0.845. The summed E-state index contributed by atoms with van der Waals surface area (Å²) in [6, 6.07) is 9.81. The van der Waals surface area contributed by atoms with E-state index in [4.69, 9.17) is 0 Å². The molecule has 0 atom stereocenters. The average Bonchev–Trinajstić information content (AvgIpc) is 2.95. The van der Waals surface area contributed by atoms with E-state index in [0.717, 1.165) is 47.3 Å². The fraction of sp³-hybridized carbons (Fsp3) is 0.333. The number of halogens is 2. The fourth-order valence-corrected chi connectivity index (χ4v) is 4.17. The van der Waals surface area contributed by atoms with E-state index in [1.165, 1.54) is 13.1 Å². The van der Waals surface area contributed by atoms with Crippen molar-refractivity contribution in [2.75, 3.05) is 26.2 Å². The molecule has 0 unspecified atom stereocenters. The molecule has 10 nitrogen and oxygen atoms in total. The molecule has 0 aliphatic carbocycles. The van der Waals surface area contributed by atoms with Gasteiger partial charge in [-0.1, -0.05) is 32.0 Å². The highest BCUT2D eigenvalue weighted by Crippen LogP contribution is 2.17. The smallest absolute Gasteiger partial charge is 0.332 e. The molecule has 2 aromatic heterocycles. The van der Waals surface area contributed by atoms with Crippen LogP contribution in [-0.4, -0.2) is 61.3 Å². The van der Waals surface area contributed by atoms with Gasteiger partial charge in [-0.15, -0.1) is 10.2 Å². The first-order valence-electron chi connectivity index (χ1n) is 12.6. The molecule has 0 aliphatic heterocycles. The number of rotatable bonds is 10. The van der Waals surface area contributed by atoms with Crippen LogP contribution in [0.5, 0.6) is 0 Å². The van der Waals surface area contributed by atoms with Crippen molar-refractivity contribution in [3.05, 3.63) is 86.1 Å². The molecule has 4 rings (SSSR count). The van der Waals surface area contributed by atoms with Crippen LogP contribution in [0.25, 0.3) is 22.6 Å². The van der Waals surface area contributed by atoms with Gasteiger partial charge in [-0.25, -0.2) is 18.6 Å². The molecule has 12 heteroatoms. The zero-order valence-electron chi connectivity index (χ0n) is 21.9. The van der Waals surface area contributed by atoms with Crippen molar-refractivity contribution in [2.24, 2.45) is 7.05 Å². The third-order valence-electron chi connectivity index (χ3n) is 6.51. The Balaban J connectivity index is 1.57. The Morgan fingerprint density at radius 2 is 1.72 bits per heavy atom. The Bertz CT molecular complexity index is 1610. The van der Waals surface area contributed by atoms with E-state index in [-0.39, 0.29) is 29.4 Å². The second-order valence-corrected chi connectivity index (χ2v) is 9.00. The van der Waals surface area contributed by atoms with Crippen LogP contribution in [0, 0.1) is 11.6 Å². The number of carbonyl (C=O) groups excluding carboxylic acids is 1. The number of aromatic nitrogens is 5. The summed E-state index contributed by atoms with van der Waals surface area (Å²) in [5, 5.41) is 11.1. The number of fused-ring (bicyclic) bond motifs is 1. The van der Waals surface area contributed by atoms with Gasteiger partial charge < -0.3 is 10.2 Å². The van der Waals surface area contributed by atoms with Crippen LogP contribution in [0.4, 0.5) is 8.78 Å². The topological polar surface area (TPSA) is 115 Å². The van der Waals surface area contributed by atoms with Crippen molar-refractivity contribution in [1.82, 2.24) is 34.5 Å². The summed E-state index contributed by atoms with van der Waals surface area (Å²) in [5.74, 6) is -2.14. The molecular weight excluding hydrogens is 508 g/mol. The molecule has 4 aromatic rings. The molecule has 0 aliphatic rings. The van der Waals surface area contributed by atoms with Crippen molar-refractivity contribution in [3.8, 4) is 11.4 Å². The minimum atomic E-state index is -1.06. The zero-order chi connectivity index (χ0) is 28.1. The minimum absolute atomic E-state index is 0.0858. The van der Waals surface area contributed by atoms with Crippen LogP contribution in [0.15, 0.2) is 52.1 Å². The van der Waals surface area contributed by atoms with Gasteiger partial charge in [0.25, 0.3) is 11.5 Å². The highest BCUT2D eigenvalue weighted by Gasteiger charge is 2.17. The van der Waals surface area contributed by atoms with Crippen molar-refractivity contribution in [2.45, 2.75) is 26.8 Å². The molecule has 1 amide bonds. The largest absolute Gasteiger partial charge is 0.352 e. The fourth-order valence-electron chi connectivity index (χ4n) is 4.17. The van der Waals surface area contributed by atoms with E-state index in [1.807, 2.05) is 0 Å². The van der Waals surface area contributed by atoms with E-state index < -0.39 is 22.9 Å². The van der Waals surface area contributed by atoms with Gasteiger partial charge in [-0.3, -0.25) is 18.7 Å². The van der Waals surface area contributed by atoms with Crippen LogP contribution in [-0.2, 0) is 13.6 Å². The van der Waals surface area contributed by atoms with Gasteiger partial charge in [-0.05, 0) is 55.9 Å². The number of benzene rings is 2. The quantitative estimate of drug-likeness (QED) is 0.309. The molecule has 2 heterocycles. The molecule has 0 radical (unpaired) electrons. The normalized spacial score (nSPS) is 11.3. The second kappa shape index (κ2) is 12.0. The first-order valence-corrected chi connectivity index (χ1v) is 12.6. The number of carbonyl (C=O) groups is 1. The second-order valence-electron chi connectivity index (χ2n) is 9.00. The van der Waals surface area contributed by atoms with Crippen molar-refractivity contribution in [1.29, 1.82) is 0 Å². The van der Waals surface area contributed by atoms with Gasteiger partial charge in [0.05, 0.1) is 6.54 Å². The summed E-state index contributed by atoms with van der Waals surface area (Å²) in [6.45, 7) is 7.44. The minimum Gasteiger partial charge on any atom is -0.352 e. The predicted octanol–water partition coefficient (Wildman–Crippen LogP) is 2.34. The lowest BCUT2D eigenvalue weighted by molar-refractivity contribution is 0.0952. The molecule has 0 fully saturated rings. The summed E-state index contributed by atoms with van der Waals surface area (Å²) in [5.41, 5.74) is -0.294. The van der Waals surface area contributed by atoms with Gasteiger partial charge >= 0.3 is 5.69 Å². The third-order valence-corrected chi connectivity index (χ3v) is 6.51. The van der Waals surface area contributed by atoms with Crippen LogP contribution in [0.3, 0.4) is 0 Å². The van der Waals surface area contributed by atoms with E-state index in [9.17, 15) is 23.2 Å². The van der Waals surface area contributed by atoms with Gasteiger partial charge in [0.15, 0.2) is 28.6 Å². The Morgan fingerprint density at radius 1 is 1.00 bits per heavy atom. The van der Waals surface area contributed by atoms with Crippen LogP contribution in [0.2, 0.25) is 0 Å². The molecule has 0 bridgehead atoms. The number of nitrogens with zero attached hydrogens (tertiary/aromatic N) is 6. The maximum atomic E-state index is 13.7. The van der Waals surface area contributed by atoms with Crippen molar-refractivity contribution < 1.29 is 13.6 Å². The van der Waals surface area contributed by atoms with E-state index >= 15 is 0 Å². The number of amides is 1. The first-order chi connectivity index (χ1) is 18.7. The molecule has 0 spiro atoms. The predicted molar refractivity (Wildman–Crippen MR) is 142 cm³/mol. The monoisotopic (exact) mass is 537 g/mol. The van der Waals surface area contributed by atoms with Crippen molar-refractivity contribution in [3.63, 3.8) is 0 Å². The highest BCUT2D eigenvalue weighted by molar-refractivity contribution is 5.94. The van der Waals surface area contributed by atoms with Gasteiger partial charge in [0.2, 0.25) is 0 Å². The SMILES string of the molecule is CCN(CC)CCCNC(=O)c1ccc(-c2nnc3c(n2)c(=O)n(C)c(=O)n3Cc2ccc(F)c(F)c2)cc1. The lowest BCUT2D eigenvalue weighted by atomic mass is 10.1. The van der Waals surface area contributed by atoms with Crippen LogP contribution in [0.1, 0.15) is 36.2 Å². The average molecular weight is 538 g/mol. The summed E-state index contributed by atoms with van der Waals surface area (Å²) in [7, 11) is 1.29. The van der Waals surface area contributed by atoms with E-state index in [0.29, 0.717) is 23.2 Å². The number of hydrogen-bond acceptors (Lipinski definition) is 7. The summed E-state index contributed by atoms with van der Waals surface area (Å²) >= 11 is 0. The Kier molecular flexibility index (Phi) is 8.55. The molecule has 2 aromatic carbocycles. The maximum absolute atomic E-state index is 13.7. The molecular formula is C27H29F2N7O3. The van der Waals surface area contributed by atoms with E-state index in [2.05, 4.69) is 39.2 Å². The highest BCUT2D eigenvalue weighted by atomic mass is 19.2. The zero-order valence-corrected chi connectivity index (χ0v) is 21.9.